The Kier molecular flexibility index (Phi) is 8.09. The minimum Gasteiger partial charge on any atom is -0.484 e. The van der Waals surface area contributed by atoms with Crippen LogP contribution < -0.4 is 10.1 Å². The van der Waals surface area contributed by atoms with Crippen LogP contribution in [0.4, 0.5) is 0 Å². The molecule has 0 fully saturated rings. The first kappa shape index (κ1) is 22.8. The van der Waals surface area contributed by atoms with Gasteiger partial charge in [0.05, 0.1) is 0 Å². The van der Waals surface area contributed by atoms with E-state index in [1.807, 2.05) is 64.1 Å². The van der Waals surface area contributed by atoms with E-state index in [2.05, 4.69) is 5.32 Å². The van der Waals surface area contributed by atoms with Gasteiger partial charge in [0, 0.05) is 17.6 Å². The minimum absolute atomic E-state index is 0.0197. The number of nitrogens with one attached hydrogen (secondary N) is 1. The summed E-state index contributed by atoms with van der Waals surface area (Å²) in [5, 5.41) is 3.41. The largest absolute Gasteiger partial charge is 0.484 e. The molecule has 0 aromatic heterocycles. The van der Waals surface area contributed by atoms with Gasteiger partial charge in [-0.25, -0.2) is 0 Å². The molecule has 2 aromatic rings. The van der Waals surface area contributed by atoms with E-state index < -0.39 is 6.04 Å². The molecule has 0 saturated carbocycles. The lowest BCUT2D eigenvalue weighted by Gasteiger charge is -2.29. The summed E-state index contributed by atoms with van der Waals surface area (Å²) in [6.45, 7) is 9.49. The number of hydrogen-bond acceptors (Lipinski definition) is 3. The predicted molar refractivity (Wildman–Crippen MR) is 116 cm³/mol. The quantitative estimate of drug-likeness (QED) is 0.698. The van der Waals surface area contributed by atoms with Crippen molar-refractivity contribution in [2.75, 3.05) is 6.61 Å². The Bertz CT molecular complexity index is 847. The van der Waals surface area contributed by atoms with Crippen molar-refractivity contribution >= 4 is 23.4 Å². The van der Waals surface area contributed by atoms with Gasteiger partial charge in [0.15, 0.2) is 6.61 Å². The summed E-state index contributed by atoms with van der Waals surface area (Å²) in [4.78, 5) is 27.1. The topological polar surface area (TPSA) is 58.6 Å². The Morgan fingerprint density at radius 1 is 1.07 bits per heavy atom. The maximum Gasteiger partial charge on any atom is 0.261 e. The van der Waals surface area contributed by atoms with Crippen LogP contribution in [0.15, 0.2) is 42.5 Å². The molecule has 1 N–H and O–H groups in total. The van der Waals surface area contributed by atoms with Gasteiger partial charge in [-0.3, -0.25) is 9.59 Å². The van der Waals surface area contributed by atoms with Crippen LogP contribution in [-0.2, 0) is 16.1 Å². The van der Waals surface area contributed by atoms with Crippen LogP contribution in [0.2, 0.25) is 5.02 Å². The van der Waals surface area contributed by atoms with Gasteiger partial charge in [-0.05, 0) is 69.5 Å². The summed E-state index contributed by atoms with van der Waals surface area (Å²) in [7, 11) is 0. The molecule has 156 valence electrons. The number of carbonyl (C=O) groups excluding carboxylic acids is 2. The first-order valence-corrected chi connectivity index (χ1v) is 10.1. The fourth-order valence-electron chi connectivity index (χ4n) is 3.04. The smallest absolute Gasteiger partial charge is 0.261 e. The van der Waals surface area contributed by atoms with E-state index in [4.69, 9.17) is 16.3 Å². The molecule has 0 aliphatic heterocycles. The van der Waals surface area contributed by atoms with Crippen molar-refractivity contribution in [3.05, 3.63) is 64.2 Å². The van der Waals surface area contributed by atoms with E-state index in [-0.39, 0.29) is 31.0 Å². The third kappa shape index (κ3) is 6.79. The number of nitrogens with zero attached hydrogens (tertiary/aromatic N) is 1. The van der Waals surface area contributed by atoms with Crippen molar-refractivity contribution in [2.24, 2.45) is 0 Å². The zero-order valence-corrected chi connectivity index (χ0v) is 18.4. The number of benzene rings is 2. The molecule has 0 heterocycles. The summed E-state index contributed by atoms with van der Waals surface area (Å²) in [6, 6.07) is 12.4. The van der Waals surface area contributed by atoms with Crippen LogP contribution in [0.1, 0.15) is 37.5 Å². The summed E-state index contributed by atoms with van der Waals surface area (Å²) < 4.78 is 5.73. The molecule has 1 unspecified atom stereocenters. The van der Waals surface area contributed by atoms with Gasteiger partial charge in [0.2, 0.25) is 5.91 Å². The Morgan fingerprint density at radius 2 is 1.69 bits per heavy atom. The molecular formula is C23H29ClN2O3. The molecule has 29 heavy (non-hydrogen) atoms. The van der Waals surface area contributed by atoms with Gasteiger partial charge >= 0.3 is 0 Å². The average molecular weight is 417 g/mol. The molecule has 0 aliphatic rings. The zero-order chi connectivity index (χ0) is 21.6. The van der Waals surface area contributed by atoms with E-state index >= 15 is 0 Å². The highest BCUT2D eigenvalue weighted by atomic mass is 35.5. The van der Waals surface area contributed by atoms with Crippen LogP contribution in [0.25, 0.3) is 0 Å². The monoisotopic (exact) mass is 416 g/mol. The molecule has 0 saturated heterocycles. The number of amides is 2. The lowest BCUT2D eigenvalue weighted by molar-refractivity contribution is -0.142. The standard InChI is InChI=1S/C23H29ClN2O3/c1-15(2)25-23(28)18(5)26(13-19-8-6-7-9-21(19)24)22(27)14-29-20-11-16(3)10-17(4)12-20/h6-12,15,18H,13-14H2,1-5H3,(H,25,28). The molecule has 0 radical (unpaired) electrons. The van der Waals surface area contributed by atoms with Gasteiger partial charge in [-0.2, -0.15) is 0 Å². The summed E-state index contributed by atoms with van der Waals surface area (Å²) in [5.41, 5.74) is 2.90. The van der Waals surface area contributed by atoms with E-state index in [0.29, 0.717) is 10.8 Å². The highest BCUT2D eigenvalue weighted by Gasteiger charge is 2.27. The van der Waals surface area contributed by atoms with E-state index in [1.54, 1.807) is 13.0 Å². The molecule has 0 aliphatic carbocycles. The van der Waals surface area contributed by atoms with Crippen molar-refractivity contribution in [3.8, 4) is 5.75 Å². The Morgan fingerprint density at radius 3 is 2.28 bits per heavy atom. The number of aryl methyl sites for hydroxylation is 2. The van der Waals surface area contributed by atoms with Gasteiger partial charge in [-0.1, -0.05) is 35.9 Å². The first-order valence-electron chi connectivity index (χ1n) is 9.71. The Labute approximate surface area is 178 Å². The van der Waals surface area contributed by atoms with Crippen LogP contribution in [0.5, 0.6) is 5.75 Å². The Hall–Kier alpha value is -2.53. The second kappa shape index (κ2) is 10.3. The zero-order valence-electron chi connectivity index (χ0n) is 17.7. The summed E-state index contributed by atoms with van der Waals surface area (Å²) in [5.74, 6) is 0.134. The number of hydrogen-bond donors (Lipinski definition) is 1. The van der Waals surface area contributed by atoms with Crippen molar-refractivity contribution in [1.29, 1.82) is 0 Å². The molecule has 0 bridgehead atoms. The maximum atomic E-state index is 13.0. The second-order valence-electron chi connectivity index (χ2n) is 7.56. The molecule has 2 aromatic carbocycles. The molecule has 1 atom stereocenters. The minimum atomic E-state index is -0.663. The SMILES string of the molecule is Cc1cc(C)cc(OCC(=O)N(Cc2ccccc2Cl)C(C)C(=O)NC(C)C)c1. The van der Waals surface area contributed by atoms with Crippen molar-refractivity contribution < 1.29 is 14.3 Å². The van der Waals surface area contributed by atoms with Crippen molar-refractivity contribution in [2.45, 2.75) is 53.2 Å². The van der Waals surface area contributed by atoms with E-state index in [0.717, 1.165) is 16.7 Å². The summed E-state index contributed by atoms with van der Waals surface area (Å²) >= 11 is 6.28. The first-order chi connectivity index (χ1) is 13.7. The lowest BCUT2D eigenvalue weighted by Crippen LogP contribution is -2.50. The molecule has 2 amide bonds. The van der Waals surface area contributed by atoms with Crippen molar-refractivity contribution in [3.63, 3.8) is 0 Å². The van der Waals surface area contributed by atoms with Crippen LogP contribution >= 0.6 is 11.6 Å². The fraction of sp³-hybridized carbons (Fsp3) is 0.391. The third-order valence-electron chi connectivity index (χ3n) is 4.45. The van der Waals surface area contributed by atoms with Crippen LogP contribution in [0.3, 0.4) is 0 Å². The highest BCUT2D eigenvalue weighted by molar-refractivity contribution is 6.31. The fourth-order valence-corrected chi connectivity index (χ4v) is 3.24. The molecule has 2 rings (SSSR count). The average Bonchev–Trinajstić information content (AvgIpc) is 2.63. The van der Waals surface area contributed by atoms with Crippen molar-refractivity contribution in [1.82, 2.24) is 10.2 Å². The number of carbonyl (C=O) groups is 2. The van der Waals surface area contributed by atoms with Gasteiger partial charge < -0.3 is 15.0 Å². The van der Waals surface area contributed by atoms with Gasteiger partial charge in [0.1, 0.15) is 11.8 Å². The third-order valence-corrected chi connectivity index (χ3v) is 4.82. The van der Waals surface area contributed by atoms with E-state index in [1.165, 1.54) is 4.90 Å². The van der Waals surface area contributed by atoms with Gasteiger partial charge in [-0.15, -0.1) is 0 Å². The maximum absolute atomic E-state index is 13.0. The van der Waals surface area contributed by atoms with Gasteiger partial charge in [0.25, 0.3) is 5.91 Å². The molecule has 5 nitrogen and oxygen atoms in total. The van der Waals surface area contributed by atoms with E-state index in [9.17, 15) is 9.59 Å². The normalized spacial score (nSPS) is 11.8. The molecule has 0 spiro atoms. The number of ether oxygens (including phenoxy) is 1. The predicted octanol–water partition coefficient (Wildman–Crippen LogP) is 4.28. The van der Waals surface area contributed by atoms with Crippen LogP contribution in [-0.4, -0.2) is 35.4 Å². The molecular weight excluding hydrogens is 388 g/mol. The second-order valence-corrected chi connectivity index (χ2v) is 7.97. The number of rotatable bonds is 8. The lowest BCUT2D eigenvalue weighted by atomic mass is 10.1. The Balaban J connectivity index is 2.19. The molecule has 6 heteroatoms. The summed E-state index contributed by atoms with van der Waals surface area (Å²) in [6.07, 6.45) is 0. The van der Waals surface area contributed by atoms with Crippen LogP contribution in [0, 0.1) is 13.8 Å². The number of halogens is 1. The highest BCUT2D eigenvalue weighted by Crippen LogP contribution is 2.20.